The average Bonchev–Trinajstić information content (AvgIpc) is 2.45. The molecule has 110 valence electrons. The average molecular weight is 297 g/mol. The highest BCUT2D eigenvalue weighted by atomic mass is 19.4. The molecule has 2 aromatic rings. The number of rotatable bonds is 4. The van der Waals surface area contributed by atoms with E-state index in [1.165, 1.54) is 30.3 Å². The van der Waals surface area contributed by atoms with E-state index in [9.17, 15) is 23.3 Å². The summed E-state index contributed by atoms with van der Waals surface area (Å²) < 4.78 is 38.4. The van der Waals surface area contributed by atoms with Gasteiger partial charge in [0.25, 0.3) is 5.69 Å². The lowest BCUT2D eigenvalue weighted by Gasteiger charge is -2.13. The molecule has 0 bridgehead atoms. The van der Waals surface area contributed by atoms with Crippen molar-refractivity contribution in [3.8, 4) is 0 Å². The fourth-order valence-corrected chi connectivity index (χ4v) is 1.74. The molecule has 1 heterocycles. The van der Waals surface area contributed by atoms with Crippen LogP contribution < -0.4 is 5.32 Å². The standard InChI is InChI=1S/C13H10F3N3O2/c14-13(15,16)11-4-2-1-3-9(11)7-17-12-6-5-10(8-18-12)19(20)21/h1-6,8H,7H2,(H,17,18). The minimum atomic E-state index is -4.43. The van der Waals surface area contributed by atoms with Crippen molar-refractivity contribution in [1.82, 2.24) is 4.98 Å². The second-order valence-corrected chi connectivity index (χ2v) is 4.17. The minimum Gasteiger partial charge on any atom is -0.366 e. The normalized spacial score (nSPS) is 11.2. The molecule has 5 nitrogen and oxygen atoms in total. The van der Waals surface area contributed by atoms with Crippen LogP contribution in [0.4, 0.5) is 24.7 Å². The van der Waals surface area contributed by atoms with Gasteiger partial charge in [0.15, 0.2) is 0 Å². The zero-order valence-electron chi connectivity index (χ0n) is 10.6. The van der Waals surface area contributed by atoms with Gasteiger partial charge in [0.05, 0.1) is 10.5 Å². The topological polar surface area (TPSA) is 68.1 Å². The summed E-state index contributed by atoms with van der Waals surface area (Å²) in [6.45, 7) is -0.0828. The Kier molecular flexibility index (Phi) is 4.06. The van der Waals surface area contributed by atoms with Crippen molar-refractivity contribution in [3.63, 3.8) is 0 Å². The van der Waals surface area contributed by atoms with Crippen LogP contribution in [0.2, 0.25) is 0 Å². The third-order valence-electron chi connectivity index (χ3n) is 2.74. The van der Waals surface area contributed by atoms with Crippen LogP contribution in [0.1, 0.15) is 11.1 Å². The maximum absolute atomic E-state index is 12.8. The first-order valence-electron chi connectivity index (χ1n) is 5.87. The number of alkyl halides is 3. The summed E-state index contributed by atoms with van der Waals surface area (Å²) in [5.41, 5.74) is -0.833. The SMILES string of the molecule is O=[N+]([O-])c1ccc(NCc2ccccc2C(F)(F)F)nc1. The van der Waals surface area contributed by atoms with Gasteiger partial charge >= 0.3 is 6.18 Å². The zero-order valence-corrected chi connectivity index (χ0v) is 10.6. The maximum atomic E-state index is 12.8. The highest BCUT2D eigenvalue weighted by Gasteiger charge is 2.32. The van der Waals surface area contributed by atoms with Crippen molar-refractivity contribution >= 4 is 11.5 Å². The summed E-state index contributed by atoms with van der Waals surface area (Å²) >= 11 is 0. The van der Waals surface area contributed by atoms with Crippen LogP contribution in [-0.4, -0.2) is 9.91 Å². The van der Waals surface area contributed by atoms with Crippen LogP contribution in [0.5, 0.6) is 0 Å². The Labute approximate surface area is 117 Å². The quantitative estimate of drug-likeness (QED) is 0.691. The largest absolute Gasteiger partial charge is 0.416 e. The number of aromatic nitrogens is 1. The number of benzene rings is 1. The predicted octanol–water partition coefficient (Wildman–Crippen LogP) is 3.62. The molecular weight excluding hydrogens is 287 g/mol. The van der Waals surface area contributed by atoms with Gasteiger partial charge < -0.3 is 5.32 Å². The summed E-state index contributed by atoms with van der Waals surface area (Å²) in [6, 6.07) is 7.76. The van der Waals surface area contributed by atoms with Gasteiger partial charge in [-0.3, -0.25) is 10.1 Å². The molecule has 0 fully saturated rings. The van der Waals surface area contributed by atoms with Crippen molar-refractivity contribution in [3.05, 3.63) is 63.8 Å². The number of halogens is 3. The molecule has 1 N–H and O–H groups in total. The van der Waals surface area contributed by atoms with Gasteiger partial charge in [-0.05, 0) is 17.7 Å². The van der Waals surface area contributed by atoms with Gasteiger partial charge in [0.1, 0.15) is 12.0 Å². The predicted molar refractivity (Wildman–Crippen MR) is 69.7 cm³/mol. The molecule has 0 unspecified atom stereocenters. The number of hydrogen-bond donors (Lipinski definition) is 1. The molecule has 0 radical (unpaired) electrons. The van der Waals surface area contributed by atoms with E-state index in [0.29, 0.717) is 0 Å². The molecular formula is C13H10F3N3O2. The second kappa shape index (κ2) is 5.78. The van der Waals surface area contributed by atoms with E-state index in [0.717, 1.165) is 12.3 Å². The van der Waals surface area contributed by atoms with E-state index in [4.69, 9.17) is 0 Å². The molecule has 0 aliphatic carbocycles. The summed E-state index contributed by atoms with van der Waals surface area (Å²) in [5.74, 6) is 0.262. The van der Waals surface area contributed by atoms with E-state index in [1.807, 2.05) is 0 Å². The van der Waals surface area contributed by atoms with E-state index >= 15 is 0 Å². The first kappa shape index (κ1) is 14.8. The molecule has 0 saturated carbocycles. The maximum Gasteiger partial charge on any atom is 0.416 e. The van der Waals surface area contributed by atoms with Crippen molar-refractivity contribution in [2.75, 3.05) is 5.32 Å². The summed E-state index contributed by atoms with van der Waals surface area (Å²) in [6.07, 6.45) is -3.39. The van der Waals surface area contributed by atoms with Gasteiger partial charge in [-0.1, -0.05) is 18.2 Å². The number of nitrogens with zero attached hydrogens (tertiary/aromatic N) is 2. The Bertz CT molecular complexity index is 642. The van der Waals surface area contributed by atoms with Crippen LogP contribution in [0, 0.1) is 10.1 Å². The van der Waals surface area contributed by atoms with Crippen LogP contribution in [0.3, 0.4) is 0 Å². The van der Waals surface area contributed by atoms with E-state index in [1.54, 1.807) is 0 Å². The van der Waals surface area contributed by atoms with Crippen molar-refractivity contribution < 1.29 is 18.1 Å². The molecule has 0 aliphatic rings. The molecule has 0 aliphatic heterocycles. The minimum absolute atomic E-state index is 0.0742. The van der Waals surface area contributed by atoms with Crippen LogP contribution in [0.15, 0.2) is 42.6 Å². The molecule has 0 saturated heterocycles. The summed E-state index contributed by atoms with van der Waals surface area (Å²) in [4.78, 5) is 13.6. The Hall–Kier alpha value is -2.64. The Balaban J connectivity index is 2.12. The number of nitro groups is 1. The molecule has 2 rings (SSSR count). The van der Waals surface area contributed by atoms with Gasteiger partial charge in [-0.25, -0.2) is 4.98 Å². The van der Waals surface area contributed by atoms with E-state index in [2.05, 4.69) is 10.3 Å². The smallest absolute Gasteiger partial charge is 0.366 e. The van der Waals surface area contributed by atoms with Crippen LogP contribution in [-0.2, 0) is 12.7 Å². The number of anilines is 1. The zero-order chi connectivity index (χ0) is 15.5. The van der Waals surface area contributed by atoms with Crippen LogP contribution >= 0.6 is 0 Å². The van der Waals surface area contributed by atoms with Crippen LogP contribution in [0.25, 0.3) is 0 Å². The first-order chi connectivity index (χ1) is 9.88. The highest BCUT2D eigenvalue weighted by molar-refractivity contribution is 5.42. The van der Waals surface area contributed by atoms with Crippen molar-refractivity contribution in [2.24, 2.45) is 0 Å². The summed E-state index contributed by atoms with van der Waals surface area (Å²) in [7, 11) is 0. The Morgan fingerprint density at radius 2 is 1.90 bits per heavy atom. The molecule has 0 spiro atoms. The molecule has 0 atom stereocenters. The first-order valence-corrected chi connectivity index (χ1v) is 5.87. The molecule has 21 heavy (non-hydrogen) atoms. The van der Waals surface area contributed by atoms with Gasteiger partial charge in [0.2, 0.25) is 0 Å². The fourth-order valence-electron chi connectivity index (χ4n) is 1.74. The third kappa shape index (κ3) is 3.68. The van der Waals surface area contributed by atoms with Gasteiger partial charge in [-0.2, -0.15) is 13.2 Å². The Morgan fingerprint density at radius 3 is 2.48 bits per heavy atom. The number of nitrogens with one attached hydrogen (secondary N) is 1. The number of hydrogen-bond acceptors (Lipinski definition) is 4. The molecule has 1 aromatic heterocycles. The fraction of sp³-hybridized carbons (Fsp3) is 0.154. The molecule has 1 aromatic carbocycles. The number of pyridine rings is 1. The lowest BCUT2D eigenvalue weighted by Crippen LogP contribution is -2.12. The monoisotopic (exact) mass is 297 g/mol. The summed E-state index contributed by atoms with van der Waals surface area (Å²) in [5, 5.41) is 13.2. The van der Waals surface area contributed by atoms with Gasteiger partial charge in [-0.15, -0.1) is 0 Å². The van der Waals surface area contributed by atoms with Crippen molar-refractivity contribution in [1.29, 1.82) is 0 Å². The molecule has 0 amide bonds. The van der Waals surface area contributed by atoms with Crippen molar-refractivity contribution in [2.45, 2.75) is 12.7 Å². The van der Waals surface area contributed by atoms with Gasteiger partial charge in [0, 0.05) is 12.6 Å². The van der Waals surface area contributed by atoms with E-state index < -0.39 is 16.7 Å². The third-order valence-corrected chi connectivity index (χ3v) is 2.74. The van der Waals surface area contributed by atoms with E-state index in [-0.39, 0.29) is 23.6 Å². The molecule has 8 heteroatoms. The Morgan fingerprint density at radius 1 is 1.19 bits per heavy atom. The highest BCUT2D eigenvalue weighted by Crippen LogP contribution is 2.32. The lowest BCUT2D eigenvalue weighted by atomic mass is 10.1. The second-order valence-electron chi connectivity index (χ2n) is 4.17. The lowest BCUT2D eigenvalue weighted by molar-refractivity contribution is -0.385.